The molecule has 0 radical (unpaired) electrons. The van der Waals surface area contributed by atoms with Crippen molar-refractivity contribution < 1.29 is 4.79 Å². The molecule has 1 saturated carbocycles. The average Bonchev–Trinajstić information content (AvgIpc) is 3.23. The molecule has 1 fully saturated rings. The van der Waals surface area contributed by atoms with E-state index in [0.29, 0.717) is 11.3 Å². The molecule has 1 aliphatic rings. The first-order valence-electron chi connectivity index (χ1n) is 6.67. The van der Waals surface area contributed by atoms with Crippen LogP contribution >= 0.6 is 0 Å². The number of amides is 1. The van der Waals surface area contributed by atoms with Gasteiger partial charge in [0.2, 0.25) is 0 Å². The molecule has 0 unspecified atom stereocenters. The molecule has 0 aliphatic heterocycles. The van der Waals surface area contributed by atoms with Crippen molar-refractivity contribution in [3.05, 3.63) is 23.8 Å². The summed E-state index contributed by atoms with van der Waals surface area (Å²) >= 11 is 0. The second kappa shape index (κ2) is 5.93. The number of hydrogen-bond donors (Lipinski definition) is 3. The number of nitrogen functional groups attached to an aromatic ring is 1. The van der Waals surface area contributed by atoms with E-state index in [9.17, 15) is 4.79 Å². The van der Waals surface area contributed by atoms with Gasteiger partial charge in [-0.3, -0.25) is 4.79 Å². The van der Waals surface area contributed by atoms with Gasteiger partial charge in [-0.15, -0.1) is 0 Å². The van der Waals surface area contributed by atoms with Crippen LogP contribution in [-0.4, -0.2) is 44.0 Å². The molecule has 2 rings (SSSR count). The van der Waals surface area contributed by atoms with Gasteiger partial charge >= 0.3 is 0 Å². The number of rotatable bonds is 6. The third-order valence-electron chi connectivity index (χ3n) is 3.49. The maximum atomic E-state index is 11.5. The summed E-state index contributed by atoms with van der Waals surface area (Å²) < 4.78 is 0. The van der Waals surface area contributed by atoms with E-state index in [0.717, 1.165) is 24.8 Å². The van der Waals surface area contributed by atoms with Crippen LogP contribution in [0.5, 0.6) is 0 Å². The zero-order valence-corrected chi connectivity index (χ0v) is 11.6. The maximum absolute atomic E-state index is 11.5. The number of benzene rings is 1. The summed E-state index contributed by atoms with van der Waals surface area (Å²) in [5, 5.41) is 5.90. The minimum absolute atomic E-state index is 0.119. The lowest BCUT2D eigenvalue weighted by atomic mass is 10.1. The molecule has 1 amide bonds. The largest absolute Gasteiger partial charge is 0.397 e. The highest BCUT2D eigenvalue weighted by Crippen LogP contribution is 2.25. The van der Waals surface area contributed by atoms with Crippen molar-refractivity contribution in [1.29, 1.82) is 0 Å². The second-order valence-corrected chi connectivity index (χ2v) is 5.02. The molecule has 0 atom stereocenters. The van der Waals surface area contributed by atoms with Gasteiger partial charge in [0, 0.05) is 31.7 Å². The van der Waals surface area contributed by atoms with Crippen LogP contribution in [0.15, 0.2) is 18.2 Å². The van der Waals surface area contributed by atoms with Crippen LogP contribution in [0.2, 0.25) is 0 Å². The molecule has 0 heterocycles. The lowest BCUT2D eigenvalue weighted by Crippen LogP contribution is -2.27. The molecule has 0 bridgehead atoms. The fourth-order valence-electron chi connectivity index (χ4n) is 2.07. The van der Waals surface area contributed by atoms with Gasteiger partial charge in [0.25, 0.3) is 5.91 Å². The fraction of sp³-hybridized carbons (Fsp3) is 0.500. The molecule has 1 aliphatic carbocycles. The smallest absolute Gasteiger partial charge is 0.251 e. The number of carbonyl (C=O) groups is 1. The van der Waals surface area contributed by atoms with Gasteiger partial charge in [0.05, 0.1) is 11.4 Å². The monoisotopic (exact) mass is 262 g/mol. The van der Waals surface area contributed by atoms with Crippen molar-refractivity contribution in [3.8, 4) is 0 Å². The van der Waals surface area contributed by atoms with E-state index in [1.54, 1.807) is 19.2 Å². The zero-order chi connectivity index (χ0) is 13.8. The summed E-state index contributed by atoms with van der Waals surface area (Å²) in [4.78, 5) is 13.8. The molecule has 0 spiro atoms. The first kappa shape index (κ1) is 13.7. The Kier molecular flexibility index (Phi) is 4.27. The lowest BCUT2D eigenvalue weighted by Gasteiger charge is -2.17. The molecule has 5 heteroatoms. The zero-order valence-electron chi connectivity index (χ0n) is 11.6. The Morgan fingerprint density at radius 2 is 2.21 bits per heavy atom. The Morgan fingerprint density at radius 3 is 2.79 bits per heavy atom. The summed E-state index contributed by atoms with van der Waals surface area (Å²) in [6, 6.07) is 6.11. The third-order valence-corrected chi connectivity index (χ3v) is 3.49. The molecule has 0 saturated heterocycles. The highest BCUT2D eigenvalue weighted by molar-refractivity contribution is 5.95. The first-order chi connectivity index (χ1) is 9.11. The van der Waals surface area contributed by atoms with E-state index in [1.165, 1.54) is 12.8 Å². The van der Waals surface area contributed by atoms with Crippen molar-refractivity contribution >= 4 is 17.3 Å². The average molecular weight is 262 g/mol. The van der Waals surface area contributed by atoms with Gasteiger partial charge in [-0.1, -0.05) is 0 Å². The Hall–Kier alpha value is -1.75. The number of anilines is 2. The Morgan fingerprint density at radius 1 is 1.47 bits per heavy atom. The summed E-state index contributed by atoms with van der Waals surface area (Å²) in [6.45, 7) is 1.86. The van der Waals surface area contributed by atoms with Crippen molar-refractivity contribution in [2.24, 2.45) is 0 Å². The van der Waals surface area contributed by atoms with Crippen LogP contribution in [0.3, 0.4) is 0 Å². The number of nitrogens with zero attached hydrogens (tertiary/aromatic N) is 1. The molecule has 4 N–H and O–H groups in total. The summed E-state index contributed by atoms with van der Waals surface area (Å²) in [7, 11) is 3.76. The summed E-state index contributed by atoms with van der Waals surface area (Å²) in [6.07, 6.45) is 2.64. The van der Waals surface area contributed by atoms with Crippen LogP contribution in [0.4, 0.5) is 11.4 Å². The van der Waals surface area contributed by atoms with Crippen molar-refractivity contribution in [2.45, 2.75) is 18.9 Å². The van der Waals surface area contributed by atoms with Gasteiger partial charge < -0.3 is 21.3 Å². The molecular weight excluding hydrogens is 240 g/mol. The number of nitrogens with one attached hydrogen (secondary N) is 2. The fourth-order valence-corrected chi connectivity index (χ4v) is 2.07. The molecule has 104 valence electrons. The SMILES string of the molecule is CNC(=O)c1ccc(NCCN(C)C2CC2)c(N)c1. The van der Waals surface area contributed by atoms with Gasteiger partial charge in [0.15, 0.2) is 0 Å². The van der Waals surface area contributed by atoms with E-state index in [2.05, 4.69) is 22.6 Å². The molecular formula is C14H22N4O. The van der Waals surface area contributed by atoms with Gasteiger partial charge in [-0.2, -0.15) is 0 Å². The molecule has 0 aromatic heterocycles. The van der Waals surface area contributed by atoms with Gasteiger partial charge in [-0.25, -0.2) is 0 Å². The normalized spacial score (nSPS) is 14.5. The predicted molar refractivity (Wildman–Crippen MR) is 78.4 cm³/mol. The number of likely N-dealkylation sites (N-methyl/N-ethyl adjacent to an activating group) is 1. The highest BCUT2D eigenvalue weighted by Gasteiger charge is 2.25. The highest BCUT2D eigenvalue weighted by atomic mass is 16.1. The van der Waals surface area contributed by atoms with Gasteiger partial charge in [-0.05, 0) is 38.1 Å². The first-order valence-corrected chi connectivity index (χ1v) is 6.67. The minimum atomic E-state index is -0.119. The topological polar surface area (TPSA) is 70.4 Å². The summed E-state index contributed by atoms with van der Waals surface area (Å²) in [5.41, 5.74) is 8.02. The Balaban J connectivity index is 1.87. The van der Waals surface area contributed by atoms with Crippen molar-refractivity contribution in [1.82, 2.24) is 10.2 Å². The molecule has 19 heavy (non-hydrogen) atoms. The van der Waals surface area contributed by atoms with Crippen molar-refractivity contribution in [2.75, 3.05) is 38.2 Å². The quantitative estimate of drug-likeness (QED) is 0.672. The van der Waals surface area contributed by atoms with Crippen LogP contribution < -0.4 is 16.4 Å². The van der Waals surface area contributed by atoms with E-state index in [4.69, 9.17) is 5.73 Å². The molecule has 1 aromatic rings. The minimum Gasteiger partial charge on any atom is -0.397 e. The Labute approximate surface area is 114 Å². The predicted octanol–water partition coefficient (Wildman–Crippen LogP) is 1.13. The maximum Gasteiger partial charge on any atom is 0.251 e. The summed E-state index contributed by atoms with van der Waals surface area (Å²) in [5.74, 6) is -0.119. The third kappa shape index (κ3) is 3.61. The van der Waals surface area contributed by atoms with E-state index < -0.39 is 0 Å². The van der Waals surface area contributed by atoms with Crippen LogP contribution in [0.1, 0.15) is 23.2 Å². The van der Waals surface area contributed by atoms with Gasteiger partial charge in [0.1, 0.15) is 0 Å². The van der Waals surface area contributed by atoms with E-state index >= 15 is 0 Å². The van der Waals surface area contributed by atoms with Crippen LogP contribution in [0, 0.1) is 0 Å². The number of carbonyl (C=O) groups excluding carboxylic acids is 1. The van der Waals surface area contributed by atoms with Crippen molar-refractivity contribution in [3.63, 3.8) is 0 Å². The lowest BCUT2D eigenvalue weighted by molar-refractivity contribution is 0.0963. The molecule has 1 aromatic carbocycles. The van der Waals surface area contributed by atoms with E-state index in [1.807, 2.05) is 6.07 Å². The van der Waals surface area contributed by atoms with E-state index in [-0.39, 0.29) is 5.91 Å². The standard InChI is InChI=1S/C14H22N4O/c1-16-14(19)10-3-6-13(12(15)9-10)17-7-8-18(2)11-4-5-11/h3,6,9,11,17H,4-5,7-8,15H2,1-2H3,(H,16,19). The van der Waals surface area contributed by atoms with Crippen LogP contribution in [-0.2, 0) is 0 Å². The number of hydrogen-bond acceptors (Lipinski definition) is 4. The molecule has 5 nitrogen and oxygen atoms in total. The Bertz CT molecular complexity index is 457. The number of nitrogens with two attached hydrogens (primary N) is 1. The van der Waals surface area contributed by atoms with Crippen LogP contribution in [0.25, 0.3) is 0 Å². The second-order valence-electron chi connectivity index (χ2n) is 5.02.